The Morgan fingerprint density at radius 3 is 1.19 bits per heavy atom. The van der Waals surface area contributed by atoms with Gasteiger partial charge in [-0.05, 0) is 0 Å². The van der Waals surface area contributed by atoms with Crippen LogP contribution in [0.15, 0.2) is 0 Å². The van der Waals surface area contributed by atoms with Gasteiger partial charge in [-0.25, -0.2) is 13.4 Å². The maximum absolute atomic E-state index is 12.4. The molecule has 0 saturated carbocycles. The topological polar surface area (TPSA) is 96.3 Å². The van der Waals surface area contributed by atoms with Crippen molar-refractivity contribution in [2.75, 3.05) is 56.4 Å². The van der Waals surface area contributed by atoms with E-state index < -0.39 is 15.2 Å². The fourth-order valence-electron chi connectivity index (χ4n) is 2.03. The number of rotatable bonds is 4. The molecule has 124 valence electrons. The molecule has 0 rings (SSSR count). The second-order valence-corrected chi connectivity index (χ2v) is 8.84. The van der Waals surface area contributed by atoms with Crippen LogP contribution >= 0.6 is 15.2 Å². The van der Waals surface area contributed by atoms with Gasteiger partial charge < -0.3 is 9.79 Å². The van der Waals surface area contributed by atoms with Gasteiger partial charge in [-0.1, -0.05) is 0 Å². The van der Waals surface area contributed by atoms with Crippen LogP contribution in [-0.4, -0.2) is 96.3 Å². The number of hydrogen-bond acceptors (Lipinski definition) is 3. The fourth-order valence-corrected chi connectivity index (χ4v) is 5.84. The summed E-state index contributed by atoms with van der Waals surface area (Å²) >= 11 is 0. The lowest BCUT2D eigenvalue weighted by molar-refractivity contribution is -0.467. The fraction of sp³-hybridized carbons (Fsp3) is 0.800. The first-order valence-corrected chi connectivity index (χ1v) is 9.20. The highest BCUT2D eigenvalue weighted by atomic mass is 31.3. The van der Waals surface area contributed by atoms with Gasteiger partial charge in [0.05, 0.1) is 56.4 Å². The summed E-state index contributed by atoms with van der Waals surface area (Å²) in [5.74, 6) is 0. The highest BCUT2D eigenvalue weighted by Crippen LogP contribution is 2.60. The van der Waals surface area contributed by atoms with Crippen molar-refractivity contribution in [2.45, 2.75) is 0 Å². The molecule has 0 spiro atoms. The second kappa shape index (κ2) is 7.03. The molecular formula is C10H26N4O5P2+2. The third kappa shape index (κ3) is 5.20. The molecule has 2 N–H and O–H groups in total. The predicted octanol–water partition coefficient (Wildman–Crippen LogP) is -0.247. The highest BCUT2D eigenvalue weighted by molar-refractivity contribution is 7.82. The Labute approximate surface area is 125 Å². The van der Waals surface area contributed by atoms with Gasteiger partial charge in [-0.3, -0.25) is 19.0 Å². The lowest BCUT2D eigenvalue weighted by Gasteiger charge is -2.20. The molecule has 11 heteroatoms. The molecule has 2 atom stereocenters. The maximum Gasteiger partial charge on any atom is 0.446 e. The zero-order valence-electron chi connectivity index (χ0n) is 13.8. The second-order valence-electron chi connectivity index (χ2n) is 5.30. The maximum atomic E-state index is 12.4. The Hall–Kier alpha value is -0.720. The van der Waals surface area contributed by atoms with Crippen molar-refractivity contribution in [1.29, 1.82) is 0 Å². The number of nitrogens with zero attached hydrogens (tertiary/aromatic N) is 4. The van der Waals surface area contributed by atoms with Crippen LogP contribution in [0.2, 0.25) is 0 Å². The first-order valence-electron chi connectivity index (χ1n) is 6.05. The van der Waals surface area contributed by atoms with Crippen LogP contribution in [0.1, 0.15) is 0 Å². The van der Waals surface area contributed by atoms with Crippen LogP contribution in [0.3, 0.4) is 0 Å². The van der Waals surface area contributed by atoms with Crippen LogP contribution in [0.25, 0.3) is 0 Å². The van der Waals surface area contributed by atoms with Gasteiger partial charge in [0.2, 0.25) is 0 Å². The van der Waals surface area contributed by atoms with E-state index in [-0.39, 0.29) is 11.2 Å². The summed E-state index contributed by atoms with van der Waals surface area (Å²) in [4.78, 5) is 22.9. The van der Waals surface area contributed by atoms with E-state index in [9.17, 15) is 18.9 Å². The van der Waals surface area contributed by atoms with Crippen LogP contribution in [0.4, 0.5) is 0 Å². The van der Waals surface area contributed by atoms with Crippen molar-refractivity contribution in [1.82, 2.24) is 9.80 Å². The third-order valence-electron chi connectivity index (χ3n) is 2.33. The first kappa shape index (κ1) is 20.3. The molecule has 0 heterocycles. The predicted molar refractivity (Wildman–Crippen MR) is 82.3 cm³/mol. The lowest BCUT2D eigenvalue weighted by Crippen LogP contribution is -2.32. The van der Waals surface area contributed by atoms with Gasteiger partial charge >= 0.3 is 26.3 Å². The molecule has 0 saturated heterocycles. The van der Waals surface area contributed by atoms with E-state index in [0.717, 1.165) is 0 Å². The molecule has 9 nitrogen and oxygen atoms in total. The van der Waals surface area contributed by atoms with Gasteiger partial charge in [0.15, 0.2) is 0 Å². The molecule has 21 heavy (non-hydrogen) atoms. The molecule has 0 fully saturated rings. The summed E-state index contributed by atoms with van der Waals surface area (Å²) in [6.45, 7) is 0. The zero-order chi connectivity index (χ0) is 17.2. The molecule has 0 aromatic carbocycles. The van der Waals surface area contributed by atoms with Gasteiger partial charge in [0, 0.05) is 0 Å². The SMILES string of the molecule is CN(C)C(=[N+](C)C)P(=O)(O)OP(=O)(O)C(N(C)C)=[N+](C)C. The summed E-state index contributed by atoms with van der Waals surface area (Å²) < 4.78 is 32.3. The van der Waals surface area contributed by atoms with Crippen molar-refractivity contribution in [2.24, 2.45) is 0 Å². The summed E-state index contributed by atoms with van der Waals surface area (Å²) in [5.41, 5.74) is -0.178. The van der Waals surface area contributed by atoms with E-state index in [1.54, 1.807) is 56.4 Å². The standard InChI is InChI=1S/C10H24N4O5P2/c1-11(2)9(12(3)4)20(15,16)19-21(17,18)10(13(5)6)14(7)8/h1-8H3/p+2. The van der Waals surface area contributed by atoms with E-state index >= 15 is 0 Å². The molecule has 0 aliphatic heterocycles. The monoisotopic (exact) mass is 344 g/mol. The Kier molecular flexibility index (Phi) is 6.79. The van der Waals surface area contributed by atoms with E-state index in [1.165, 1.54) is 19.0 Å². The zero-order valence-corrected chi connectivity index (χ0v) is 15.6. The minimum atomic E-state index is -4.49. The Morgan fingerprint density at radius 2 is 1.05 bits per heavy atom. The quantitative estimate of drug-likeness (QED) is 0.314. The summed E-state index contributed by atoms with van der Waals surface area (Å²) in [6, 6.07) is 0. The third-order valence-corrected chi connectivity index (χ3v) is 6.71. The van der Waals surface area contributed by atoms with Crippen LogP contribution in [-0.2, 0) is 13.4 Å². The van der Waals surface area contributed by atoms with Gasteiger partial charge in [-0.15, -0.1) is 0 Å². The largest absolute Gasteiger partial charge is 0.446 e. The Morgan fingerprint density at radius 1 is 0.810 bits per heavy atom. The summed E-state index contributed by atoms with van der Waals surface area (Å²) in [5, 5.41) is 0. The Balaban J connectivity index is 5.86. The molecular weight excluding hydrogens is 318 g/mol. The molecule has 0 aliphatic carbocycles. The minimum absolute atomic E-state index is 0.0892. The summed E-state index contributed by atoms with van der Waals surface area (Å²) in [6.07, 6.45) is 0. The van der Waals surface area contributed by atoms with Crippen LogP contribution < -0.4 is 0 Å². The normalized spacial score (nSPS) is 16.5. The lowest BCUT2D eigenvalue weighted by atomic mass is 10.9. The molecule has 0 aromatic rings. The van der Waals surface area contributed by atoms with E-state index in [0.29, 0.717) is 0 Å². The van der Waals surface area contributed by atoms with Gasteiger partial charge in [-0.2, -0.15) is 0 Å². The van der Waals surface area contributed by atoms with Gasteiger partial charge in [0.1, 0.15) is 0 Å². The first-order chi connectivity index (χ1) is 9.24. The van der Waals surface area contributed by atoms with Crippen molar-refractivity contribution >= 4 is 26.3 Å². The van der Waals surface area contributed by atoms with E-state index in [1.807, 2.05) is 0 Å². The molecule has 0 aliphatic rings. The summed E-state index contributed by atoms with van der Waals surface area (Å²) in [7, 11) is 3.41. The van der Waals surface area contributed by atoms with Crippen LogP contribution in [0, 0.1) is 0 Å². The van der Waals surface area contributed by atoms with Crippen molar-refractivity contribution < 1.29 is 32.4 Å². The average Bonchev–Trinajstić information content (AvgIpc) is 2.08. The highest BCUT2D eigenvalue weighted by Gasteiger charge is 2.49. The minimum Gasteiger partial charge on any atom is -0.315 e. The number of amidine groups is 2. The van der Waals surface area contributed by atoms with Crippen molar-refractivity contribution in [3.05, 3.63) is 0 Å². The smallest absolute Gasteiger partial charge is 0.315 e. The molecule has 0 bridgehead atoms. The van der Waals surface area contributed by atoms with Crippen LogP contribution in [0.5, 0.6) is 0 Å². The van der Waals surface area contributed by atoms with Gasteiger partial charge in [0.25, 0.3) is 0 Å². The van der Waals surface area contributed by atoms with Crippen molar-refractivity contribution in [3.8, 4) is 0 Å². The average molecular weight is 344 g/mol. The molecule has 2 unspecified atom stereocenters. The van der Waals surface area contributed by atoms with E-state index in [4.69, 9.17) is 4.31 Å². The van der Waals surface area contributed by atoms with E-state index in [2.05, 4.69) is 0 Å². The number of hydrogen-bond donors (Lipinski definition) is 2. The molecule has 0 radical (unpaired) electrons. The molecule has 0 amide bonds. The molecule has 0 aromatic heterocycles. The Bertz CT molecular complexity index is 500. The van der Waals surface area contributed by atoms with Crippen molar-refractivity contribution in [3.63, 3.8) is 0 Å².